The molecule has 2 nitrogen and oxygen atoms in total. The van der Waals surface area contributed by atoms with Gasteiger partial charge in [0.15, 0.2) is 0 Å². The normalized spacial score (nSPS) is 38.2. The average molecular weight is 665 g/mol. The molecular weight excluding hydrogens is 585 g/mol. The van der Waals surface area contributed by atoms with E-state index in [2.05, 4.69) is 61.5 Å². The van der Waals surface area contributed by atoms with Gasteiger partial charge in [-0.15, -0.1) is 0 Å². The molecule has 0 aromatic heterocycles. The van der Waals surface area contributed by atoms with E-state index in [0.717, 1.165) is 36.5 Å². The third-order valence-corrected chi connectivity index (χ3v) is 16.7. The summed E-state index contributed by atoms with van der Waals surface area (Å²) >= 11 is 0. The molecule has 5 saturated carbocycles. The SMILES string of the molecule is CCCCCCCCCCCCCCCC(=O)O[C@H]1CC[C@]23C[C@]24CC[C@]2(C)[C@@H](C(C)CCC=C(C)C)CC[C@@]2(C)[C@@H]4CC[C@H]3C1(C)C. The van der Waals surface area contributed by atoms with Crippen molar-refractivity contribution in [1.29, 1.82) is 0 Å². The summed E-state index contributed by atoms with van der Waals surface area (Å²) in [7, 11) is 0. The minimum atomic E-state index is 0.0861. The Hall–Kier alpha value is -0.790. The van der Waals surface area contributed by atoms with Gasteiger partial charge in [0.25, 0.3) is 0 Å². The second-order valence-corrected chi connectivity index (χ2v) is 19.8. The lowest BCUT2D eigenvalue weighted by Crippen LogP contribution is -2.58. The monoisotopic (exact) mass is 665 g/mol. The Morgan fingerprint density at radius 3 is 1.92 bits per heavy atom. The van der Waals surface area contributed by atoms with Gasteiger partial charge in [0.1, 0.15) is 6.10 Å². The first-order valence-electron chi connectivity index (χ1n) is 21.7. The number of allylic oxidation sites excluding steroid dienone is 2. The molecule has 0 aromatic carbocycles. The van der Waals surface area contributed by atoms with E-state index >= 15 is 0 Å². The number of hydrogen-bond donors (Lipinski definition) is 0. The van der Waals surface area contributed by atoms with Crippen LogP contribution in [0.25, 0.3) is 0 Å². The third-order valence-electron chi connectivity index (χ3n) is 16.7. The molecule has 2 spiro atoms. The lowest BCUT2D eigenvalue weighted by atomic mass is 9.41. The van der Waals surface area contributed by atoms with E-state index in [0.29, 0.717) is 28.1 Å². The molecule has 276 valence electrons. The van der Waals surface area contributed by atoms with Crippen molar-refractivity contribution < 1.29 is 9.53 Å². The Morgan fingerprint density at radius 2 is 1.29 bits per heavy atom. The van der Waals surface area contributed by atoms with Crippen LogP contribution in [0, 0.1) is 50.7 Å². The van der Waals surface area contributed by atoms with Crippen molar-refractivity contribution in [3.05, 3.63) is 11.6 Å². The molecule has 48 heavy (non-hydrogen) atoms. The molecule has 5 rings (SSSR count). The maximum Gasteiger partial charge on any atom is 0.306 e. The smallest absolute Gasteiger partial charge is 0.306 e. The maximum atomic E-state index is 13.1. The topological polar surface area (TPSA) is 26.3 Å². The summed E-state index contributed by atoms with van der Waals surface area (Å²) in [5, 5.41) is 0. The Kier molecular flexibility index (Phi) is 12.7. The average Bonchev–Trinajstić information content (AvgIpc) is 3.62. The highest BCUT2D eigenvalue weighted by Gasteiger charge is 2.82. The van der Waals surface area contributed by atoms with Crippen LogP contribution in [-0.2, 0) is 9.53 Å². The Labute approximate surface area is 299 Å². The molecule has 0 bridgehead atoms. The lowest BCUT2D eigenvalue weighted by molar-refractivity contribution is -0.183. The quantitative estimate of drug-likeness (QED) is 0.0780. The summed E-state index contributed by atoms with van der Waals surface area (Å²) in [6.45, 7) is 19.9. The number of rotatable bonds is 19. The number of fused-ring (bicyclic) bond motifs is 2. The largest absolute Gasteiger partial charge is 0.462 e. The van der Waals surface area contributed by atoms with E-state index in [1.165, 1.54) is 147 Å². The van der Waals surface area contributed by atoms with Gasteiger partial charge in [-0.3, -0.25) is 4.79 Å². The Morgan fingerprint density at radius 1 is 0.708 bits per heavy atom. The van der Waals surface area contributed by atoms with Crippen molar-refractivity contribution in [1.82, 2.24) is 0 Å². The van der Waals surface area contributed by atoms with Crippen LogP contribution in [-0.4, -0.2) is 12.1 Å². The van der Waals surface area contributed by atoms with Gasteiger partial charge in [0.2, 0.25) is 0 Å². The second-order valence-electron chi connectivity index (χ2n) is 19.8. The molecule has 2 heteroatoms. The highest BCUT2D eigenvalue weighted by atomic mass is 16.5. The fourth-order valence-corrected chi connectivity index (χ4v) is 13.8. The zero-order valence-electron chi connectivity index (χ0n) is 33.5. The van der Waals surface area contributed by atoms with Gasteiger partial charge in [-0.05, 0) is 136 Å². The van der Waals surface area contributed by atoms with Gasteiger partial charge >= 0.3 is 5.97 Å². The van der Waals surface area contributed by atoms with E-state index in [1.54, 1.807) is 0 Å². The van der Waals surface area contributed by atoms with Crippen LogP contribution in [0.15, 0.2) is 11.6 Å². The molecule has 1 unspecified atom stereocenters. The number of carbonyl (C=O) groups excluding carboxylic acids is 1. The fourth-order valence-electron chi connectivity index (χ4n) is 13.8. The number of carbonyl (C=O) groups is 1. The molecule has 0 radical (unpaired) electrons. The molecule has 9 atom stereocenters. The predicted octanol–water partition coefficient (Wildman–Crippen LogP) is 14.2. The first-order chi connectivity index (χ1) is 22.9. The van der Waals surface area contributed by atoms with Gasteiger partial charge in [-0.1, -0.05) is 130 Å². The van der Waals surface area contributed by atoms with Crippen molar-refractivity contribution >= 4 is 5.97 Å². The maximum absolute atomic E-state index is 13.1. The number of unbranched alkanes of at least 4 members (excludes halogenated alkanes) is 12. The molecule has 0 amide bonds. The van der Waals surface area contributed by atoms with Crippen molar-refractivity contribution in [2.75, 3.05) is 0 Å². The van der Waals surface area contributed by atoms with Gasteiger partial charge in [-0.25, -0.2) is 0 Å². The number of hydrogen-bond acceptors (Lipinski definition) is 2. The minimum absolute atomic E-state index is 0.0861. The van der Waals surface area contributed by atoms with Crippen LogP contribution in [0.4, 0.5) is 0 Å². The van der Waals surface area contributed by atoms with Crippen molar-refractivity contribution in [2.45, 2.75) is 222 Å². The van der Waals surface area contributed by atoms with Crippen molar-refractivity contribution in [2.24, 2.45) is 50.7 Å². The van der Waals surface area contributed by atoms with E-state index in [9.17, 15) is 4.79 Å². The van der Waals surface area contributed by atoms with E-state index in [1.807, 2.05) is 0 Å². The standard InChI is InChI=1S/C46H80O2/c1-9-10-11-12-13-14-15-16-17-18-19-20-21-25-41(47)48-40-29-31-45-34-46(45)33-32-43(7)37(36(4)24-22-23-35(2)3)28-30-44(43,8)39(46)27-26-38(45)42(40,5)6/h23,36-40H,9-22,24-34H2,1-8H3/t36?,37-,38+,39+,40+,43-,44+,45-,46+/m1/s1. The van der Waals surface area contributed by atoms with Gasteiger partial charge < -0.3 is 4.74 Å². The lowest BCUT2D eigenvalue weighted by Gasteiger charge is -2.63. The highest BCUT2D eigenvalue weighted by molar-refractivity contribution is 5.69. The zero-order chi connectivity index (χ0) is 34.6. The van der Waals surface area contributed by atoms with E-state index in [-0.39, 0.29) is 17.5 Å². The number of ether oxygens (including phenoxy) is 1. The number of esters is 1. The van der Waals surface area contributed by atoms with Crippen molar-refractivity contribution in [3.8, 4) is 0 Å². The Bertz CT molecular complexity index is 1080. The molecule has 5 aliphatic carbocycles. The molecule has 0 saturated heterocycles. The second kappa shape index (κ2) is 15.8. The third kappa shape index (κ3) is 7.28. The van der Waals surface area contributed by atoms with Crippen LogP contribution in [0.2, 0.25) is 0 Å². The molecule has 5 aliphatic rings. The summed E-state index contributed by atoms with van der Waals surface area (Å²) < 4.78 is 6.41. The zero-order valence-corrected chi connectivity index (χ0v) is 33.5. The van der Waals surface area contributed by atoms with Crippen molar-refractivity contribution in [3.63, 3.8) is 0 Å². The first kappa shape index (κ1) is 38.4. The van der Waals surface area contributed by atoms with Crippen LogP contribution < -0.4 is 0 Å². The summed E-state index contributed by atoms with van der Waals surface area (Å²) in [6, 6.07) is 0. The van der Waals surface area contributed by atoms with E-state index in [4.69, 9.17) is 4.74 Å². The Balaban J connectivity index is 1.07. The molecule has 0 N–H and O–H groups in total. The van der Waals surface area contributed by atoms with Crippen LogP contribution >= 0.6 is 0 Å². The molecule has 0 heterocycles. The summed E-state index contributed by atoms with van der Waals surface area (Å²) in [6.07, 6.45) is 35.7. The molecule has 0 aliphatic heterocycles. The minimum Gasteiger partial charge on any atom is -0.462 e. The van der Waals surface area contributed by atoms with Gasteiger partial charge in [0, 0.05) is 11.8 Å². The predicted molar refractivity (Wildman–Crippen MR) is 205 cm³/mol. The van der Waals surface area contributed by atoms with Gasteiger partial charge in [0.05, 0.1) is 0 Å². The van der Waals surface area contributed by atoms with Crippen LogP contribution in [0.5, 0.6) is 0 Å². The molecule has 0 aromatic rings. The van der Waals surface area contributed by atoms with E-state index < -0.39 is 0 Å². The van der Waals surface area contributed by atoms with Gasteiger partial charge in [-0.2, -0.15) is 0 Å². The van der Waals surface area contributed by atoms with Crippen LogP contribution in [0.1, 0.15) is 216 Å². The first-order valence-corrected chi connectivity index (χ1v) is 21.7. The summed E-state index contributed by atoms with van der Waals surface area (Å²) in [5.41, 5.74) is 3.66. The van der Waals surface area contributed by atoms with Crippen LogP contribution in [0.3, 0.4) is 0 Å². The highest BCUT2D eigenvalue weighted by Crippen LogP contribution is 2.89. The summed E-state index contributed by atoms with van der Waals surface area (Å²) in [4.78, 5) is 13.1. The molecule has 5 fully saturated rings. The molecular formula is C46H80O2. The fraction of sp³-hybridized carbons (Fsp3) is 0.935. The summed E-state index contributed by atoms with van der Waals surface area (Å²) in [5.74, 6) is 3.43.